The van der Waals surface area contributed by atoms with Gasteiger partial charge in [0.25, 0.3) is 5.69 Å². The number of aliphatic hydroxyl groups is 1. The number of nitro benzene ring substituents is 1. The maximum absolute atomic E-state index is 11.4. The lowest BCUT2D eigenvalue weighted by Crippen LogP contribution is -3.15. The molecule has 7 heteroatoms. The molecule has 1 saturated heterocycles. The van der Waals surface area contributed by atoms with Crippen molar-refractivity contribution < 1.29 is 14.9 Å². The monoisotopic (exact) mass is 357 g/mol. The average molecular weight is 357 g/mol. The summed E-state index contributed by atoms with van der Waals surface area (Å²) in [5.41, 5.74) is 2.71. The van der Waals surface area contributed by atoms with E-state index in [0.29, 0.717) is 12.2 Å². The number of anilines is 2. The number of aliphatic hydroxyl groups excluding tert-OH is 1. The number of benzene rings is 2. The van der Waals surface area contributed by atoms with Crippen LogP contribution >= 0.6 is 0 Å². The first-order valence-corrected chi connectivity index (χ1v) is 8.93. The number of rotatable bonds is 7. The molecule has 3 rings (SSSR count). The highest BCUT2D eigenvalue weighted by molar-refractivity contribution is 5.69. The zero-order valence-corrected chi connectivity index (χ0v) is 14.7. The summed E-state index contributed by atoms with van der Waals surface area (Å²) < 4.78 is 0. The molecule has 0 saturated carbocycles. The third-order valence-corrected chi connectivity index (χ3v) is 4.80. The van der Waals surface area contributed by atoms with Crippen molar-refractivity contribution in [3.8, 4) is 0 Å². The van der Waals surface area contributed by atoms with E-state index in [4.69, 9.17) is 5.11 Å². The van der Waals surface area contributed by atoms with Crippen molar-refractivity contribution in [2.75, 3.05) is 49.5 Å². The minimum Gasteiger partial charge on any atom is -0.391 e. The van der Waals surface area contributed by atoms with Gasteiger partial charge in [0.05, 0.1) is 37.7 Å². The smallest absolute Gasteiger partial charge is 0.292 e. The number of piperazine rings is 1. The Kier molecular flexibility index (Phi) is 6.04. The molecule has 0 amide bonds. The van der Waals surface area contributed by atoms with Gasteiger partial charge in [0.1, 0.15) is 12.2 Å². The first-order valence-electron chi connectivity index (χ1n) is 8.93. The van der Waals surface area contributed by atoms with Gasteiger partial charge < -0.3 is 20.2 Å². The second-order valence-electron chi connectivity index (χ2n) is 6.51. The number of nitro groups is 1. The molecule has 1 fully saturated rings. The number of hydrogen-bond acceptors (Lipinski definition) is 5. The van der Waals surface area contributed by atoms with Gasteiger partial charge in [0.15, 0.2) is 0 Å². The van der Waals surface area contributed by atoms with Gasteiger partial charge in [-0.1, -0.05) is 30.3 Å². The van der Waals surface area contributed by atoms with E-state index in [9.17, 15) is 10.1 Å². The van der Waals surface area contributed by atoms with Crippen LogP contribution in [0.15, 0.2) is 48.5 Å². The van der Waals surface area contributed by atoms with E-state index in [0.717, 1.165) is 44.0 Å². The van der Waals surface area contributed by atoms with Gasteiger partial charge >= 0.3 is 0 Å². The molecule has 0 aromatic heterocycles. The molecular formula is C19H25N4O3+. The molecule has 0 atom stereocenters. The van der Waals surface area contributed by atoms with Crippen LogP contribution in [-0.2, 0) is 6.54 Å². The molecule has 0 radical (unpaired) electrons. The van der Waals surface area contributed by atoms with Crippen molar-refractivity contribution in [3.05, 3.63) is 64.2 Å². The number of nitrogens with one attached hydrogen (secondary N) is 2. The summed E-state index contributed by atoms with van der Waals surface area (Å²) in [6.07, 6.45) is 0. The van der Waals surface area contributed by atoms with Crippen molar-refractivity contribution >= 4 is 17.1 Å². The van der Waals surface area contributed by atoms with Crippen molar-refractivity contribution in [3.63, 3.8) is 0 Å². The van der Waals surface area contributed by atoms with Crippen molar-refractivity contribution in [1.82, 2.24) is 0 Å². The van der Waals surface area contributed by atoms with Crippen LogP contribution in [0.5, 0.6) is 0 Å². The zero-order valence-electron chi connectivity index (χ0n) is 14.7. The number of quaternary nitrogens is 1. The normalized spacial score (nSPS) is 15.0. The van der Waals surface area contributed by atoms with Crippen LogP contribution in [0.3, 0.4) is 0 Å². The lowest BCUT2D eigenvalue weighted by molar-refractivity contribution is -0.900. The van der Waals surface area contributed by atoms with E-state index in [2.05, 4.69) is 10.2 Å². The Morgan fingerprint density at radius 1 is 1.15 bits per heavy atom. The Labute approximate surface area is 153 Å². The van der Waals surface area contributed by atoms with Crippen molar-refractivity contribution in [2.45, 2.75) is 6.54 Å². The first-order chi connectivity index (χ1) is 12.7. The van der Waals surface area contributed by atoms with Crippen LogP contribution in [0, 0.1) is 10.1 Å². The van der Waals surface area contributed by atoms with Crippen LogP contribution in [0.2, 0.25) is 0 Å². The molecule has 0 bridgehead atoms. The van der Waals surface area contributed by atoms with Crippen molar-refractivity contribution in [2.24, 2.45) is 0 Å². The highest BCUT2D eigenvalue weighted by Gasteiger charge is 2.22. The highest BCUT2D eigenvalue weighted by Crippen LogP contribution is 2.30. The quantitative estimate of drug-likeness (QED) is 0.507. The summed E-state index contributed by atoms with van der Waals surface area (Å²) in [6.45, 7) is 5.21. The molecule has 2 aromatic rings. The van der Waals surface area contributed by atoms with Crippen LogP contribution in [0.4, 0.5) is 17.1 Å². The van der Waals surface area contributed by atoms with E-state index in [1.165, 1.54) is 4.90 Å². The third kappa shape index (κ3) is 4.50. The maximum atomic E-state index is 11.4. The standard InChI is InChI=1S/C19H24N4O3/c24-13-12-21-8-10-22(11-9-21)17-6-7-19(23(25)26)18(14-17)20-15-16-4-2-1-3-5-16/h1-7,14,20,24H,8-13,15H2/p+1. The second-order valence-corrected chi connectivity index (χ2v) is 6.51. The lowest BCUT2D eigenvalue weighted by Gasteiger charge is -2.33. The predicted octanol–water partition coefficient (Wildman–Crippen LogP) is 0.904. The minimum absolute atomic E-state index is 0.0919. The molecule has 2 aromatic carbocycles. The number of hydrogen-bond donors (Lipinski definition) is 3. The topological polar surface area (TPSA) is 83.1 Å². The summed E-state index contributed by atoms with van der Waals surface area (Å²) in [6, 6.07) is 15.1. The minimum atomic E-state index is -0.347. The summed E-state index contributed by atoms with van der Waals surface area (Å²) in [5, 5.41) is 23.6. The molecule has 1 aliphatic rings. The van der Waals surface area contributed by atoms with Gasteiger partial charge in [-0.2, -0.15) is 0 Å². The number of nitrogens with zero attached hydrogens (tertiary/aromatic N) is 2. The second kappa shape index (κ2) is 8.64. The van der Waals surface area contributed by atoms with Gasteiger partial charge in [0, 0.05) is 18.3 Å². The zero-order chi connectivity index (χ0) is 18.4. The average Bonchev–Trinajstić information content (AvgIpc) is 2.68. The van der Waals surface area contributed by atoms with Crippen molar-refractivity contribution in [1.29, 1.82) is 0 Å². The van der Waals surface area contributed by atoms with E-state index >= 15 is 0 Å². The maximum Gasteiger partial charge on any atom is 0.292 e. The molecule has 7 nitrogen and oxygen atoms in total. The Bertz CT molecular complexity index is 731. The molecular weight excluding hydrogens is 332 g/mol. The largest absolute Gasteiger partial charge is 0.391 e. The molecule has 0 spiro atoms. The van der Waals surface area contributed by atoms with Crippen LogP contribution in [0.25, 0.3) is 0 Å². The fourth-order valence-electron chi connectivity index (χ4n) is 3.30. The molecule has 26 heavy (non-hydrogen) atoms. The summed E-state index contributed by atoms with van der Waals surface area (Å²) >= 11 is 0. The third-order valence-electron chi connectivity index (χ3n) is 4.80. The van der Waals surface area contributed by atoms with E-state index < -0.39 is 0 Å². The highest BCUT2D eigenvalue weighted by atomic mass is 16.6. The van der Waals surface area contributed by atoms with Gasteiger partial charge in [-0.05, 0) is 17.7 Å². The molecule has 1 heterocycles. The fourth-order valence-corrected chi connectivity index (χ4v) is 3.30. The summed E-state index contributed by atoms with van der Waals surface area (Å²) in [7, 11) is 0. The summed E-state index contributed by atoms with van der Waals surface area (Å²) in [4.78, 5) is 14.7. The molecule has 0 unspecified atom stereocenters. The van der Waals surface area contributed by atoms with Gasteiger partial charge in [-0.15, -0.1) is 0 Å². The molecule has 138 valence electrons. The van der Waals surface area contributed by atoms with E-state index in [1.807, 2.05) is 42.5 Å². The van der Waals surface area contributed by atoms with Gasteiger partial charge in [-0.3, -0.25) is 10.1 Å². The Morgan fingerprint density at radius 3 is 2.54 bits per heavy atom. The lowest BCUT2D eigenvalue weighted by atomic mass is 10.2. The molecule has 3 N–H and O–H groups in total. The Balaban J connectivity index is 1.73. The first kappa shape index (κ1) is 18.2. The van der Waals surface area contributed by atoms with Crippen LogP contribution < -0.4 is 15.1 Å². The molecule has 1 aliphatic heterocycles. The SMILES string of the molecule is O=[N+]([O-])c1ccc(N2CC[NH+](CCO)CC2)cc1NCc1ccccc1. The Morgan fingerprint density at radius 2 is 1.88 bits per heavy atom. The van der Waals surface area contributed by atoms with E-state index in [-0.39, 0.29) is 17.2 Å². The summed E-state index contributed by atoms with van der Waals surface area (Å²) in [5.74, 6) is 0. The Hall–Kier alpha value is -2.64. The van der Waals surface area contributed by atoms with Gasteiger partial charge in [-0.25, -0.2) is 0 Å². The van der Waals surface area contributed by atoms with Gasteiger partial charge in [0.2, 0.25) is 0 Å². The fraction of sp³-hybridized carbons (Fsp3) is 0.368. The predicted molar refractivity (Wildman–Crippen MR) is 102 cm³/mol. The van der Waals surface area contributed by atoms with E-state index in [1.54, 1.807) is 6.07 Å². The van der Waals surface area contributed by atoms with Crippen LogP contribution in [-0.4, -0.2) is 49.4 Å². The molecule has 0 aliphatic carbocycles. The van der Waals surface area contributed by atoms with Crippen LogP contribution in [0.1, 0.15) is 5.56 Å².